The Balaban J connectivity index is 3.60. The van der Waals surface area contributed by atoms with Crippen molar-refractivity contribution in [1.82, 2.24) is 21.3 Å². The maximum absolute atomic E-state index is 11.4. The smallest absolute Gasteiger partial charge is 0.239 e. The number of hydrogen-bond donors (Lipinski definition) is 4. The van der Waals surface area contributed by atoms with E-state index in [9.17, 15) is 19.2 Å². The van der Waals surface area contributed by atoms with Gasteiger partial charge in [-0.3, -0.25) is 19.2 Å². The molecule has 8 nitrogen and oxygen atoms in total. The number of unbranched alkanes of at least 4 members (excludes halogenated alkanes) is 1. The topological polar surface area (TPSA) is 116 Å². The zero-order chi connectivity index (χ0) is 16.1. The number of Topliss-reactive ketones (excluding diaryl/α,β-unsaturated/α-hetero) is 1. The van der Waals surface area contributed by atoms with Gasteiger partial charge in [0, 0.05) is 6.54 Å². The molecule has 0 heterocycles. The maximum Gasteiger partial charge on any atom is 0.239 e. The Bertz CT molecular complexity index is 360. The molecule has 0 saturated carbocycles. The van der Waals surface area contributed by atoms with Crippen molar-refractivity contribution in [2.75, 3.05) is 26.7 Å². The van der Waals surface area contributed by atoms with Gasteiger partial charge >= 0.3 is 0 Å². The molecule has 3 amide bonds. The third kappa shape index (κ3) is 10.5. The lowest BCUT2D eigenvalue weighted by Gasteiger charge is -2.12. The van der Waals surface area contributed by atoms with Crippen molar-refractivity contribution in [3.8, 4) is 0 Å². The van der Waals surface area contributed by atoms with E-state index < -0.39 is 5.91 Å². The molecule has 1 atom stereocenters. The van der Waals surface area contributed by atoms with Gasteiger partial charge in [0.2, 0.25) is 18.2 Å². The number of hydrogen-bond acceptors (Lipinski definition) is 5. The van der Waals surface area contributed by atoms with Crippen LogP contribution in [0.3, 0.4) is 0 Å². The Morgan fingerprint density at radius 1 is 1.05 bits per heavy atom. The molecular formula is C13H24N4O4. The van der Waals surface area contributed by atoms with Gasteiger partial charge in [-0.2, -0.15) is 0 Å². The minimum absolute atomic E-state index is 0.105. The molecule has 0 bridgehead atoms. The van der Waals surface area contributed by atoms with Gasteiger partial charge in [-0.1, -0.05) is 0 Å². The monoisotopic (exact) mass is 300 g/mol. The fourth-order valence-corrected chi connectivity index (χ4v) is 1.69. The lowest BCUT2D eigenvalue weighted by atomic mass is 10.1. The largest absolute Gasteiger partial charge is 0.355 e. The van der Waals surface area contributed by atoms with E-state index in [1.54, 1.807) is 14.0 Å². The lowest BCUT2D eigenvalue weighted by Crippen LogP contribution is -2.40. The van der Waals surface area contributed by atoms with Crippen molar-refractivity contribution in [1.29, 1.82) is 0 Å². The summed E-state index contributed by atoms with van der Waals surface area (Å²) in [5, 5.41) is 10.2. The van der Waals surface area contributed by atoms with E-state index in [4.69, 9.17) is 0 Å². The Kier molecular flexibility index (Phi) is 10.7. The van der Waals surface area contributed by atoms with Crippen molar-refractivity contribution >= 4 is 24.0 Å². The van der Waals surface area contributed by atoms with Gasteiger partial charge < -0.3 is 21.3 Å². The van der Waals surface area contributed by atoms with Crippen LogP contribution < -0.4 is 21.3 Å². The molecule has 0 aliphatic heterocycles. The molecule has 21 heavy (non-hydrogen) atoms. The third-order valence-corrected chi connectivity index (χ3v) is 2.87. The maximum atomic E-state index is 11.4. The highest BCUT2D eigenvalue weighted by Gasteiger charge is 2.10. The van der Waals surface area contributed by atoms with E-state index in [2.05, 4.69) is 21.3 Å². The SMILES string of the molecule is CNC(CCCCNC(=O)CNC(=O)CNC=O)C(C)=O. The van der Waals surface area contributed by atoms with Gasteiger partial charge in [0.15, 0.2) is 0 Å². The summed E-state index contributed by atoms with van der Waals surface area (Å²) in [5.74, 6) is -0.602. The number of likely N-dealkylation sites (N-methyl/N-ethyl adjacent to an activating group) is 1. The quantitative estimate of drug-likeness (QED) is 0.253. The molecule has 120 valence electrons. The zero-order valence-corrected chi connectivity index (χ0v) is 12.5. The molecule has 0 radical (unpaired) electrons. The second-order valence-corrected chi connectivity index (χ2v) is 4.57. The van der Waals surface area contributed by atoms with Crippen LogP contribution in [0.5, 0.6) is 0 Å². The van der Waals surface area contributed by atoms with Crippen molar-refractivity contribution in [2.45, 2.75) is 32.2 Å². The van der Waals surface area contributed by atoms with Crippen LogP contribution >= 0.6 is 0 Å². The predicted octanol–water partition coefficient (Wildman–Crippen LogP) is -1.69. The first-order chi connectivity index (χ1) is 10.0. The first-order valence-corrected chi connectivity index (χ1v) is 6.89. The van der Waals surface area contributed by atoms with Crippen molar-refractivity contribution in [3.05, 3.63) is 0 Å². The molecular weight excluding hydrogens is 276 g/mol. The molecule has 0 rings (SSSR count). The minimum Gasteiger partial charge on any atom is -0.355 e. The first-order valence-electron chi connectivity index (χ1n) is 6.89. The summed E-state index contributed by atoms with van der Waals surface area (Å²) in [6.07, 6.45) is 2.73. The number of rotatable bonds is 12. The van der Waals surface area contributed by atoms with Crippen molar-refractivity contribution in [2.24, 2.45) is 0 Å². The number of nitrogens with one attached hydrogen (secondary N) is 4. The fraction of sp³-hybridized carbons (Fsp3) is 0.692. The summed E-state index contributed by atoms with van der Waals surface area (Å²) in [4.78, 5) is 43.6. The van der Waals surface area contributed by atoms with Gasteiger partial charge in [0.1, 0.15) is 5.78 Å². The van der Waals surface area contributed by atoms with Crippen LogP contribution in [0.25, 0.3) is 0 Å². The summed E-state index contributed by atoms with van der Waals surface area (Å²) < 4.78 is 0. The molecule has 0 aliphatic rings. The molecule has 4 N–H and O–H groups in total. The van der Waals surface area contributed by atoms with E-state index in [0.717, 1.165) is 19.3 Å². The fourth-order valence-electron chi connectivity index (χ4n) is 1.69. The Labute approximate surface area is 124 Å². The summed E-state index contributed by atoms with van der Waals surface area (Å²) in [6, 6.07) is -0.134. The van der Waals surface area contributed by atoms with Crippen LogP contribution in [0.2, 0.25) is 0 Å². The molecule has 0 aromatic rings. The average molecular weight is 300 g/mol. The number of ketones is 1. The number of amides is 3. The molecule has 0 aliphatic carbocycles. The molecule has 0 spiro atoms. The van der Waals surface area contributed by atoms with Crippen molar-refractivity contribution < 1.29 is 19.2 Å². The van der Waals surface area contributed by atoms with Crippen LogP contribution in [0, 0.1) is 0 Å². The summed E-state index contributed by atoms with van der Waals surface area (Å²) >= 11 is 0. The Morgan fingerprint density at radius 3 is 2.29 bits per heavy atom. The lowest BCUT2D eigenvalue weighted by molar-refractivity contribution is -0.126. The van der Waals surface area contributed by atoms with Gasteiger partial charge in [0.05, 0.1) is 19.1 Å². The minimum atomic E-state index is -0.421. The second kappa shape index (κ2) is 11.8. The van der Waals surface area contributed by atoms with Crippen LogP contribution in [0.1, 0.15) is 26.2 Å². The number of carbonyl (C=O) groups is 4. The Morgan fingerprint density at radius 2 is 1.71 bits per heavy atom. The zero-order valence-electron chi connectivity index (χ0n) is 12.5. The Hall–Kier alpha value is -1.96. The highest BCUT2D eigenvalue weighted by Crippen LogP contribution is 2.00. The van der Waals surface area contributed by atoms with Crippen LogP contribution in [-0.4, -0.2) is 56.7 Å². The normalized spacial score (nSPS) is 11.3. The van der Waals surface area contributed by atoms with Crippen LogP contribution in [0.4, 0.5) is 0 Å². The van der Waals surface area contributed by atoms with E-state index in [1.165, 1.54) is 0 Å². The molecule has 0 aromatic heterocycles. The average Bonchev–Trinajstić information content (AvgIpc) is 2.46. The molecule has 8 heteroatoms. The summed E-state index contributed by atoms with van der Waals surface area (Å²) in [7, 11) is 1.75. The number of carbonyl (C=O) groups excluding carboxylic acids is 4. The molecule has 1 unspecified atom stereocenters. The standard InChI is InChI=1S/C13H24N4O4/c1-10(19)11(14-2)5-3-4-6-16-13(21)8-17-12(20)7-15-9-18/h9,11,14H,3-8H2,1-2H3,(H,15,18)(H,16,21)(H,17,20). The van der Waals surface area contributed by atoms with Crippen LogP contribution in [-0.2, 0) is 19.2 Å². The van der Waals surface area contributed by atoms with Gasteiger partial charge in [-0.25, -0.2) is 0 Å². The van der Waals surface area contributed by atoms with E-state index in [-0.39, 0.29) is 30.8 Å². The van der Waals surface area contributed by atoms with Crippen molar-refractivity contribution in [3.63, 3.8) is 0 Å². The van der Waals surface area contributed by atoms with Gasteiger partial charge in [-0.05, 0) is 33.2 Å². The molecule has 0 fully saturated rings. The van der Waals surface area contributed by atoms with Gasteiger partial charge in [-0.15, -0.1) is 0 Å². The third-order valence-electron chi connectivity index (χ3n) is 2.87. The second-order valence-electron chi connectivity index (χ2n) is 4.57. The summed E-state index contributed by atoms with van der Waals surface area (Å²) in [6.45, 7) is 1.78. The highest BCUT2D eigenvalue weighted by molar-refractivity contribution is 5.86. The molecule has 0 saturated heterocycles. The van der Waals surface area contributed by atoms with Gasteiger partial charge in [0.25, 0.3) is 0 Å². The van der Waals surface area contributed by atoms with E-state index in [1.807, 2.05) is 0 Å². The van der Waals surface area contributed by atoms with E-state index >= 15 is 0 Å². The first kappa shape index (κ1) is 19.0. The highest BCUT2D eigenvalue weighted by atomic mass is 16.2. The van der Waals surface area contributed by atoms with E-state index in [0.29, 0.717) is 13.0 Å². The molecule has 0 aromatic carbocycles. The summed E-state index contributed by atoms with van der Waals surface area (Å²) in [5.41, 5.74) is 0. The predicted molar refractivity (Wildman–Crippen MR) is 77.5 cm³/mol. The van der Waals surface area contributed by atoms with Crippen LogP contribution in [0.15, 0.2) is 0 Å².